The summed E-state index contributed by atoms with van der Waals surface area (Å²) in [7, 11) is 4.03. The molecule has 1 fully saturated rings. The van der Waals surface area contributed by atoms with Gasteiger partial charge in [0.2, 0.25) is 5.91 Å². The molecule has 1 amide bonds. The molecule has 0 spiro atoms. The maximum atomic E-state index is 12.0. The van der Waals surface area contributed by atoms with Gasteiger partial charge in [0.05, 0.1) is 0 Å². The van der Waals surface area contributed by atoms with Crippen molar-refractivity contribution in [2.75, 3.05) is 50.6 Å². The number of benzene rings is 1. The van der Waals surface area contributed by atoms with Crippen LogP contribution in [0.5, 0.6) is 5.75 Å². The Kier molecular flexibility index (Phi) is 7.02. The first-order valence-corrected chi connectivity index (χ1v) is 8.77. The molecule has 2 N–H and O–H groups in total. The Bertz CT molecular complexity index is 459. The maximum Gasteiger partial charge on any atom is 0.225 e. The van der Waals surface area contributed by atoms with Crippen molar-refractivity contribution >= 4 is 23.4 Å². The summed E-state index contributed by atoms with van der Waals surface area (Å²) in [5, 5.41) is 6.31. The fourth-order valence-corrected chi connectivity index (χ4v) is 3.12. The van der Waals surface area contributed by atoms with E-state index < -0.39 is 0 Å². The minimum Gasteiger partial charge on any atom is -0.492 e. The number of thioether (sulfide) groups is 1. The normalized spacial score (nSPS) is 18.2. The second-order valence-corrected chi connectivity index (χ2v) is 6.80. The van der Waals surface area contributed by atoms with E-state index in [0.29, 0.717) is 13.0 Å². The first-order valence-electron chi connectivity index (χ1n) is 7.62. The smallest absolute Gasteiger partial charge is 0.225 e. The Morgan fingerprint density at radius 1 is 1.41 bits per heavy atom. The lowest BCUT2D eigenvalue weighted by molar-refractivity contribution is -0.116. The highest BCUT2D eigenvalue weighted by Crippen LogP contribution is 2.17. The number of nitrogens with zero attached hydrogens (tertiary/aromatic N) is 1. The van der Waals surface area contributed by atoms with E-state index in [1.54, 1.807) is 0 Å². The van der Waals surface area contributed by atoms with Crippen molar-refractivity contribution < 1.29 is 9.53 Å². The lowest BCUT2D eigenvalue weighted by atomic mass is 10.2. The van der Waals surface area contributed by atoms with Crippen molar-refractivity contribution in [1.82, 2.24) is 10.2 Å². The van der Waals surface area contributed by atoms with Crippen LogP contribution in [0.4, 0.5) is 5.69 Å². The maximum absolute atomic E-state index is 12.0. The molecule has 1 aliphatic rings. The lowest BCUT2D eigenvalue weighted by Gasteiger charge is -2.22. The fraction of sp³-hybridized carbons (Fsp3) is 0.562. The number of anilines is 1. The molecule has 0 radical (unpaired) electrons. The predicted octanol–water partition coefficient (Wildman–Crippen LogP) is 1.66. The average molecular weight is 323 g/mol. The summed E-state index contributed by atoms with van der Waals surface area (Å²) in [5.41, 5.74) is 0.813. The minimum absolute atomic E-state index is 0.0567. The van der Waals surface area contributed by atoms with Crippen LogP contribution in [-0.2, 0) is 4.79 Å². The monoisotopic (exact) mass is 323 g/mol. The van der Waals surface area contributed by atoms with Crippen molar-refractivity contribution in [2.45, 2.75) is 12.5 Å². The Morgan fingerprint density at radius 3 is 2.82 bits per heavy atom. The van der Waals surface area contributed by atoms with Crippen LogP contribution in [0.1, 0.15) is 6.42 Å². The molecule has 122 valence electrons. The standard InChI is InChI=1S/C16H25N3O2S/c1-19(2)8-9-21-15-5-3-13(4-6-15)18-16(20)11-14-12-22-10-7-17-14/h3-6,14,17H,7-12H2,1-2H3,(H,18,20). The topological polar surface area (TPSA) is 53.6 Å². The van der Waals surface area contributed by atoms with Gasteiger partial charge in [-0.1, -0.05) is 0 Å². The third-order valence-electron chi connectivity index (χ3n) is 3.38. The van der Waals surface area contributed by atoms with Crippen LogP contribution in [0.2, 0.25) is 0 Å². The fourth-order valence-electron chi connectivity index (χ4n) is 2.17. The molecule has 0 aliphatic carbocycles. The molecule has 2 rings (SSSR count). The largest absolute Gasteiger partial charge is 0.492 e. The van der Waals surface area contributed by atoms with Crippen molar-refractivity contribution in [3.8, 4) is 5.75 Å². The molecule has 1 heterocycles. The molecular weight excluding hydrogens is 298 g/mol. The van der Waals surface area contributed by atoms with Gasteiger partial charge in [-0.25, -0.2) is 0 Å². The van der Waals surface area contributed by atoms with Crippen molar-refractivity contribution in [2.24, 2.45) is 0 Å². The van der Waals surface area contributed by atoms with Crippen molar-refractivity contribution in [3.63, 3.8) is 0 Å². The second-order valence-electron chi connectivity index (χ2n) is 5.65. The van der Waals surface area contributed by atoms with Gasteiger partial charge in [0.15, 0.2) is 0 Å². The third-order valence-corrected chi connectivity index (χ3v) is 4.51. The van der Waals surface area contributed by atoms with E-state index in [-0.39, 0.29) is 11.9 Å². The van der Waals surface area contributed by atoms with E-state index >= 15 is 0 Å². The SMILES string of the molecule is CN(C)CCOc1ccc(NC(=O)CC2CSCCN2)cc1. The summed E-state index contributed by atoms with van der Waals surface area (Å²) in [6.07, 6.45) is 0.522. The Balaban J connectivity index is 1.74. The number of nitrogens with one attached hydrogen (secondary N) is 2. The van der Waals surface area contributed by atoms with E-state index in [0.717, 1.165) is 36.0 Å². The lowest BCUT2D eigenvalue weighted by Crippen LogP contribution is -2.39. The number of hydrogen-bond donors (Lipinski definition) is 2. The van der Waals surface area contributed by atoms with Crippen LogP contribution < -0.4 is 15.4 Å². The first kappa shape index (κ1) is 17.1. The van der Waals surface area contributed by atoms with Gasteiger partial charge in [-0.3, -0.25) is 4.79 Å². The highest BCUT2D eigenvalue weighted by atomic mass is 32.2. The molecule has 1 aromatic carbocycles. The molecular formula is C16H25N3O2S. The summed E-state index contributed by atoms with van der Waals surface area (Å²) in [6.45, 7) is 2.52. The summed E-state index contributed by atoms with van der Waals surface area (Å²) >= 11 is 1.90. The number of likely N-dealkylation sites (N-methyl/N-ethyl adjacent to an activating group) is 1. The molecule has 0 aromatic heterocycles. The highest BCUT2D eigenvalue weighted by Gasteiger charge is 2.16. The molecule has 5 nitrogen and oxygen atoms in total. The number of carbonyl (C=O) groups is 1. The van der Waals surface area contributed by atoms with E-state index in [2.05, 4.69) is 15.5 Å². The zero-order chi connectivity index (χ0) is 15.8. The van der Waals surface area contributed by atoms with Crippen LogP contribution in [0.15, 0.2) is 24.3 Å². The number of amides is 1. The molecule has 1 unspecified atom stereocenters. The van der Waals surface area contributed by atoms with Gasteiger partial charge in [-0.2, -0.15) is 11.8 Å². The van der Waals surface area contributed by atoms with Gasteiger partial charge in [0.1, 0.15) is 12.4 Å². The molecule has 22 heavy (non-hydrogen) atoms. The predicted molar refractivity (Wildman–Crippen MR) is 92.9 cm³/mol. The molecule has 0 bridgehead atoms. The first-order chi connectivity index (χ1) is 10.6. The van der Waals surface area contributed by atoms with Crippen molar-refractivity contribution in [1.29, 1.82) is 0 Å². The number of hydrogen-bond acceptors (Lipinski definition) is 5. The van der Waals surface area contributed by atoms with Gasteiger partial charge < -0.3 is 20.3 Å². The van der Waals surface area contributed by atoms with Gasteiger partial charge in [-0.05, 0) is 38.4 Å². The van der Waals surface area contributed by atoms with E-state index in [4.69, 9.17) is 4.74 Å². The highest BCUT2D eigenvalue weighted by molar-refractivity contribution is 7.99. The zero-order valence-electron chi connectivity index (χ0n) is 13.3. The number of rotatable bonds is 7. The molecule has 1 aromatic rings. The second kappa shape index (κ2) is 9.02. The van der Waals surface area contributed by atoms with Crippen LogP contribution in [0, 0.1) is 0 Å². The van der Waals surface area contributed by atoms with Crippen LogP contribution >= 0.6 is 11.8 Å². The summed E-state index contributed by atoms with van der Waals surface area (Å²) in [5.74, 6) is 3.02. The molecule has 1 aliphatic heterocycles. The van der Waals surface area contributed by atoms with Crippen LogP contribution in [0.3, 0.4) is 0 Å². The summed E-state index contributed by atoms with van der Waals surface area (Å²) < 4.78 is 5.63. The average Bonchev–Trinajstić information content (AvgIpc) is 2.49. The van der Waals surface area contributed by atoms with Crippen LogP contribution in [0.25, 0.3) is 0 Å². The summed E-state index contributed by atoms with van der Waals surface area (Å²) in [6, 6.07) is 7.82. The van der Waals surface area contributed by atoms with Gasteiger partial charge in [0.25, 0.3) is 0 Å². The quantitative estimate of drug-likeness (QED) is 0.799. The van der Waals surface area contributed by atoms with E-state index in [1.807, 2.05) is 50.1 Å². The number of carbonyl (C=O) groups excluding carboxylic acids is 1. The summed E-state index contributed by atoms with van der Waals surface area (Å²) in [4.78, 5) is 14.1. The van der Waals surface area contributed by atoms with Gasteiger partial charge >= 0.3 is 0 Å². The molecule has 1 saturated heterocycles. The zero-order valence-corrected chi connectivity index (χ0v) is 14.1. The molecule has 6 heteroatoms. The third kappa shape index (κ3) is 6.25. The molecule has 1 atom stereocenters. The van der Waals surface area contributed by atoms with E-state index in [9.17, 15) is 4.79 Å². The van der Waals surface area contributed by atoms with Gasteiger partial charge in [0, 0.05) is 42.7 Å². The molecule has 0 saturated carbocycles. The Labute approximate surface area is 136 Å². The minimum atomic E-state index is 0.0567. The number of ether oxygens (including phenoxy) is 1. The van der Waals surface area contributed by atoms with Crippen molar-refractivity contribution in [3.05, 3.63) is 24.3 Å². The van der Waals surface area contributed by atoms with Gasteiger partial charge in [-0.15, -0.1) is 0 Å². The Morgan fingerprint density at radius 2 is 2.18 bits per heavy atom. The Hall–Kier alpha value is -1.24. The van der Waals surface area contributed by atoms with Crippen LogP contribution in [-0.4, -0.2) is 62.1 Å². The van der Waals surface area contributed by atoms with E-state index in [1.165, 1.54) is 0 Å².